The van der Waals surface area contributed by atoms with Crippen molar-refractivity contribution in [1.82, 2.24) is 29.9 Å². The van der Waals surface area contributed by atoms with Gasteiger partial charge in [-0.25, -0.2) is 9.59 Å². The first kappa shape index (κ1) is 44.6. The molecule has 65 heavy (non-hydrogen) atoms. The Morgan fingerprint density at radius 3 is 1.48 bits per heavy atom. The second-order valence-electron chi connectivity index (χ2n) is 16.4. The molecular weight excluding hydrogens is 833 g/mol. The van der Waals surface area contributed by atoms with Gasteiger partial charge < -0.3 is 49.8 Å². The predicted molar refractivity (Wildman–Crippen MR) is 243 cm³/mol. The van der Waals surface area contributed by atoms with E-state index >= 15 is 0 Å². The monoisotopic (exact) mass is 886 g/mol. The topological polar surface area (TPSA) is 193 Å². The Labute approximate surface area is 376 Å². The number of fused-ring (bicyclic) bond motifs is 3. The van der Waals surface area contributed by atoms with Gasteiger partial charge in [-0.05, 0) is 61.1 Å². The number of benzene rings is 4. The number of aromatic nitrogens is 1. The zero-order valence-corrected chi connectivity index (χ0v) is 36.5. The zero-order chi connectivity index (χ0) is 45.5. The van der Waals surface area contributed by atoms with Crippen LogP contribution in [0.15, 0.2) is 97.1 Å². The molecule has 0 bridgehead atoms. The van der Waals surface area contributed by atoms with Gasteiger partial charge in [-0.1, -0.05) is 72.8 Å². The number of methoxy groups -OCH3 is 2. The fourth-order valence-electron chi connectivity index (χ4n) is 9.17. The summed E-state index contributed by atoms with van der Waals surface area (Å²) in [4.78, 5) is 86.2. The van der Waals surface area contributed by atoms with Crippen LogP contribution in [-0.4, -0.2) is 127 Å². The molecule has 1 aromatic heterocycles. The highest BCUT2D eigenvalue weighted by atomic mass is 16.5. The van der Waals surface area contributed by atoms with Gasteiger partial charge >= 0.3 is 12.2 Å². The van der Waals surface area contributed by atoms with Crippen molar-refractivity contribution in [2.24, 2.45) is 0 Å². The van der Waals surface area contributed by atoms with Crippen molar-refractivity contribution in [3.63, 3.8) is 0 Å². The molecule has 8 rings (SSSR count). The highest BCUT2D eigenvalue weighted by Crippen LogP contribution is 2.34. The van der Waals surface area contributed by atoms with Gasteiger partial charge in [-0.15, -0.1) is 0 Å². The summed E-state index contributed by atoms with van der Waals surface area (Å²) in [5.74, 6) is -1.48. The first-order valence-corrected chi connectivity index (χ1v) is 22.0. The molecule has 0 saturated carbocycles. The lowest BCUT2D eigenvalue weighted by atomic mass is 10.0. The number of hydrogen-bond donors (Lipinski definition) is 4. The average molecular weight is 887 g/mol. The van der Waals surface area contributed by atoms with Crippen molar-refractivity contribution in [1.29, 1.82) is 0 Å². The summed E-state index contributed by atoms with van der Waals surface area (Å²) in [6.07, 6.45) is 0.641. The molecule has 3 fully saturated rings. The number of amides is 6. The summed E-state index contributed by atoms with van der Waals surface area (Å²) in [5.41, 5.74) is 4.00. The van der Waals surface area contributed by atoms with Gasteiger partial charge in [-0.2, -0.15) is 0 Å². The molecule has 4 heterocycles. The van der Waals surface area contributed by atoms with E-state index in [4.69, 9.17) is 14.2 Å². The molecule has 5 aromatic rings. The molecule has 17 nitrogen and oxygen atoms in total. The van der Waals surface area contributed by atoms with Crippen molar-refractivity contribution >= 4 is 69.0 Å². The van der Waals surface area contributed by atoms with E-state index in [-0.39, 0.29) is 11.8 Å². The zero-order valence-electron chi connectivity index (χ0n) is 36.5. The second-order valence-corrected chi connectivity index (χ2v) is 16.4. The van der Waals surface area contributed by atoms with Gasteiger partial charge in [0.25, 0.3) is 11.8 Å². The Morgan fingerprint density at radius 2 is 1.05 bits per heavy atom. The van der Waals surface area contributed by atoms with E-state index in [1.54, 1.807) is 48.5 Å². The van der Waals surface area contributed by atoms with Crippen LogP contribution in [0.25, 0.3) is 21.8 Å². The summed E-state index contributed by atoms with van der Waals surface area (Å²) < 4.78 is 17.4. The van der Waals surface area contributed by atoms with Crippen LogP contribution in [0.1, 0.15) is 48.9 Å². The van der Waals surface area contributed by atoms with E-state index in [0.29, 0.717) is 81.0 Å². The lowest BCUT2D eigenvalue weighted by Gasteiger charge is -2.28. The molecule has 0 aliphatic carbocycles. The number of nitrogens with zero attached hydrogens (tertiary/aromatic N) is 4. The van der Waals surface area contributed by atoms with E-state index in [1.807, 2.05) is 48.5 Å². The van der Waals surface area contributed by atoms with Gasteiger partial charge in [-0.3, -0.25) is 24.1 Å². The maximum absolute atomic E-state index is 14.1. The number of morpholine rings is 1. The Morgan fingerprint density at radius 1 is 0.600 bits per heavy atom. The Balaban J connectivity index is 1.04. The summed E-state index contributed by atoms with van der Waals surface area (Å²) >= 11 is 0. The van der Waals surface area contributed by atoms with Crippen molar-refractivity contribution in [2.45, 2.75) is 56.4 Å². The molecule has 17 heteroatoms. The van der Waals surface area contributed by atoms with E-state index in [2.05, 4.69) is 30.7 Å². The maximum atomic E-state index is 14.1. The summed E-state index contributed by atoms with van der Waals surface area (Å²) in [7, 11) is 2.47. The number of carbonyl (C=O) groups excluding carboxylic acids is 6. The normalized spacial score (nSPS) is 18.5. The molecule has 3 aliphatic rings. The van der Waals surface area contributed by atoms with Crippen molar-refractivity contribution in [2.75, 3.05) is 70.8 Å². The first-order chi connectivity index (χ1) is 31.6. The number of anilines is 2. The van der Waals surface area contributed by atoms with Crippen LogP contribution in [0.4, 0.5) is 21.0 Å². The fourth-order valence-corrected chi connectivity index (χ4v) is 9.17. The van der Waals surface area contributed by atoms with Gasteiger partial charge in [0.15, 0.2) is 0 Å². The summed E-state index contributed by atoms with van der Waals surface area (Å²) in [6.45, 7) is 4.94. The quantitative estimate of drug-likeness (QED) is 0.123. The Hall–Kier alpha value is -6.98. The molecular formula is C48H54N8O9. The van der Waals surface area contributed by atoms with Crippen LogP contribution in [0.5, 0.6) is 0 Å². The largest absolute Gasteiger partial charge is 0.453 e. The minimum Gasteiger partial charge on any atom is -0.453 e. The van der Waals surface area contributed by atoms with E-state index in [0.717, 1.165) is 41.4 Å². The van der Waals surface area contributed by atoms with Gasteiger partial charge in [0.05, 0.1) is 38.5 Å². The third-order valence-electron chi connectivity index (χ3n) is 12.5. The van der Waals surface area contributed by atoms with Crippen LogP contribution in [0.2, 0.25) is 0 Å². The molecule has 4 N–H and O–H groups in total. The number of carbonyl (C=O) groups is 6. The van der Waals surface area contributed by atoms with Crippen LogP contribution in [0.3, 0.4) is 0 Å². The van der Waals surface area contributed by atoms with E-state index < -0.39 is 48.2 Å². The van der Waals surface area contributed by atoms with Crippen LogP contribution in [0, 0.1) is 0 Å². The molecule has 4 aromatic carbocycles. The number of rotatable bonds is 13. The first-order valence-electron chi connectivity index (χ1n) is 22.0. The number of likely N-dealkylation sites (tertiary alicyclic amines) is 2. The van der Waals surface area contributed by atoms with E-state index in [9.17, 15) is 28.8 Å². The molecule has 4 atom stereocenters. The molecule has 3 saturated heterocycles. The molecule has 3 aliphatic heterocycles. The maximum Gasteiger partial charge on any atom is 0.407 e. The highest BCUT2D eigenvalue weighted by molar-refractivity contribution is 6.11. The number of hydrogen-bond acceptors (Lipinski definition) is 10. The Kier molecular flexibility index (Phi) is 13.9. The lowest BCUT2D eigenvalue weighted by Crippen LogP contribution is -2.48. The third kappa shape index (κ3) is 9.90. The van der Waals surface area contributed by atoms with Gasteiger partial charge in [0.2, 0.25) is 11.8 Å². The lowest BCUT2D eigenvalue weighted by molar-refractivity contribution is -0.138. The third-order valence-corrected chi connectivity index (χ3v) is 12.5. The highest BCUT2D eigenvalue weighted by Gasteiger charge is 2.40. The van der Waals surface area contributed by atoms with E-state index in [1.165, 1.54) is 24.0 Å². The number of alkyl carbamates (subject to hydrolysis) is 2. The standard InChI is InChI=1S/C48H54N8O9/c1-63-47(61)51-41(31-11-5-3-6-12-31)45(59)55-21-9-15-37(55)43(57)49-33-17-19-35-36-20-18-34(30-40(36)54(39(35)29-33)24-23-53-25-27-65-28-26-53)50-44(58)38-16-10-22-56(38)46(60)42(52-48(62)64-2)32-13-7-4-8-14-32/h3-8,11-14,17-20,29-30,37-38,41-42H,9-10,15-16,21-28H2,1-2H3,(H,49,57)(H,50,58)(H,51,61)(H,52,62)/t37-,38-,41+,42+/m0/s1. The average Bonchev–Trinajstić information content (AvgIpc) is 4.11. The Bertz CT molecular complexity index is 2380. The fraction of sp³-hybridized carbons (Fsp3) is 0.375. The summed E-state index contributed by atoms with van der Waals surface area (Å²) in [5, 5.41) is 13.3. The van der Waals surface area contributed by atoms with Crippen LogP contribution in [-0.2, 0) is 39.9 Å². The molecule has 340 valence electrons. The van der Waals surface area contributed by atoms with Gasteiger partial charge in [0, 0.05) is 61.4 Å². The minimum absolute atomic E-state index is 0.336. The molecule has 6 amide bonds. The minimum atomic E-state index is -1.04. The van der Waals surface area contributed by atoms with Crippen LogP contribution >= 0.6 is 0 Å². The van der Waals surface area contributed by atoms with Crippen molar-refractivity contribution < 1.29 is 43.0 Å². The SMILES string of the molecule is COC(=O)N[C@@H](C(=O)N1CCC[C@H]1C(=O)Nc1ccc2c3ccc(NC(=O)[C@@H]4CCCN4C(=O)[C@H](NC(=O)OC)c4ccccc4)cc3n(CCN3CCOCC3)c2c1)c1ccccc1. The van der Waals surface area contributed by atoms with Crippen LogP contribution < -0.4 is 21.3 Å². The number of ether oxygens (including phenoxy) is 3. The molecule has 0 radical (unpaired) electrons. The van der Waals surface area contributed by atoms with Crippen molar-refractivity contribution in [3.05, 3.63) is 108 Å². The predicted octanol–water partition coefficient (Wildman–Crippen LogP) is 5.18. The summed E-state index contributed by atoms with van der Waals surface area (Å²) in [6, 6.07) is 25.6. The second kappa shape index (κ2) is 20.2. The molecule has 0 spiro atoms. The molecule has 0 unspecified atom stereocenters. The number of nitrogens with one attached hydrogen (secondary N) is 4. The van der Waals surface area contributed by atoms with Crippen molar-refractivity contribution in [3.8, 4) is 0 Å². The van der Waals surface area contributed by atoms with Gasteiger partial charge in [0.1, 0.15) is 24.2 Å². The smallest absolute Gasteiger partial charge is 0.407 e.